The molecule has 1 rings (SSSR count). The minimum atomic E-state index is -0.465. The average molecular weight is 167 g/mol. The first kappa shape index (κ1) is 8.74. The number of nitrogens with one attached hydrogen (secondary N) is 1. The number of allylic oxidation sites excluding steroid dienone is 1. The zero-order valence-corrected chi connectivity index (χ0v) is 6.71. The molecule has 0 bridgehead atoms. The highest BCUT2D eigenvalue weighted by molar-refractivity contribution is 5.65. The molecule has 12 heavy (non-hydrogen) atoms. The van der Waals surface area contributed by atoms with Crippen molar-refractivity contribution in [3.05, 3.63) is 35.7 Å². The zero-order valence-electron chi connectivity index (χ0n) is 6.71. The Morgan fingerprint density at radius 3 is 2.83 bits per heavy atom. The molecule has 0 saturated carbocycles. The molecule has 0 amide bonds. The summed E-state index contributed by atoms with van der Waals surface area (Å²) < 4.78 is 12.9. The highest BCUT2D eigenvalue weighted by Crippen LogP contribution is 2.19. The first-order valence-corrected chi connectivity index (χ1v) is 3.61. The standard InChI is InChI=1S/C9H10FNO/c1-2-4-7-5-3-6-8(10)9(7)11-12/h2-6,11-12H,1H3. The molecule has 64 valence electrons. The SMILES string of the molecule is CC=Cc1cccc(F)c1NO. The average Bonchev–Trinajstić information content (AvgIpc) is 2.05. The van der Waals surface area contributed by atoms with Gasteiger partial charge >= 0.3 is 0 Å². The number of para-hydroxylation sites is 1. The van der Waals surface area contributed by atoms with E-state index in [-0.39, 0.29) is 5.69 Å². The van der Waals surface area contributed by atoms with Crippen LogP contribution >= 0.6 is 0 Å². The summed E-state index contributed by atoms with van der Waals surface area (Å²) in [6.45, 7) is 1.83. The number of anilines is 1. The van der Waals surface area contributed by atoms with Crippen LogP contribution < -0.4 is 5.48 Å². The molecule has 0 fully saturated rings. The van der Waals surface area contributed by atoms with Gasteiger partial charge < -0.3 is 0 Å². The van der Waals surface area contributed by atoms with Gasteiger partial charge in [0.1, 0.15) is 11.5 Å². The van der Waals surface area contributed by atoms with E-state index in [0.29, 0.717) is 5.56 Å². The number of hydrogen-bond donors (Lipinski definition) is 2. The van der Waals surface area contributed by atoms with E-state index in [1.165, 1.54) is 6.07 Å². The molecule has 1 aromatic rings. The van der Waals surface area contributed by atoms with Crippen molar-refractivity contribution in [2.24, 2.45) is 0 Å². The Kier molecular flexibility index (Phi) is 2.82. The van der Waals surface area contributed by atoms with E-state index < -0.39 is 5.82 Å². The van der Waals surface area contributed by atoms with Gasteiger partial charge in [-0.1, -0.05) is 24.3 Å². The highest BCUT2D eigenvalue weighted by atomic mass is 19.1. The fourth-order valence-electron chi connectivity index (χ4n) is 0.977. The second kappa shape index (κ2) is 3.88. The van der Waals surface area contributed by atoms with Crippen LogP contribution in [0, 0.1) is 5.82 Å². The molecule has 2 nitrogen and oxygen atoms in total. The van der Waals surface area contributed by atoms with E-state index in [4.69, 9.17) is 5.21 Å². The summed E-state index contributed by atoms with van der Waals surface area (Å²) in [5.74, 6) is -0.465. The fourth-order valence-corrected chi connectivity index (χ4v) is 0.977. The van der Waals surface area contributed by atoms with E-state index in [0.717, 1.165) is 0 Å². The van der Waals surface area contributed by atoms with Crippen molar-refractivity contribution < 1.29 is 9.60 Å². The molecule has 0 aliphatic carbocycles. The summed E-state index contributed by atoms with van der Waals surface area (Å²) >= 11 is 0. The third-order valence-corrected chi connectivity index (χ3v) is 1.50. The minimum Gasteiger partial charge on any atom is -0.291 e. The molecule has 0 aliphatic rings. The maximum Gasteiger partial charge on any atom is 0.149 e. The predicted octanol–water partition coefficient (Wildman–Crippen LogP) is 2.66. The molecule has 0 heterocycles. The van der Waals surface area contributed by atoms with Crippen molar-refractivity contribution >= 4 is 11.8 Å². The molecule has 1 aromatic carbocycles. The van der Waals surface area contributed by atoms with Gasteiger partial charge in [-0.05, 0) is 13.0 Å². The first-order chi connectivity index (χ1) is 5.79. The summed E-state index contributed by atoms with van der Waals surface area (Å²) in [4.78, 5) is 0. The molecule has 0 unspecified atom stereocenters. The summed E-state index contributed by atoms with van der Waals surface area (Å²) in [5, 5.41) is 8.60. The number of halogens is 1. The lowest BCUT2D eigenvalue weighted by Crippen LogP contribution is -1.95. The van der Waals surface area contributed by atoms with Gasteiger partial charge in [0.25, 0.3) is 0 Å². The van der Waals surface area contributed by atoms with Crippen molar-refractivity contribution in [2.45, 2.75) is 6.92 Å². The largest absolute Gasteiger partial charge is 0.291 e. The topological polar surface area (TPSA) is 32.3 Å². The summed E-state index contributed by atoms with van der Waals surface area (Å²) in [5.41, 5.74) is 2.55. The van der Waals surface area contributed by atoms with Crippen LogP contribution in [0.4, 0.5) is 10.1 Å². The van der Waals surface area contributed by atoms with Gasteiger partial charge in [-0.25, -0.2) is 4.39 Å². The Hall–Kier alpha value is -1.35. The lowest BCUT2D eigenvalue weighted by molar-refractivity contribution is 0.384. The normalized spacial score (nSPS) is 10.6. The molecular formula is C9H10FNO. The zero-order chi connectivity index (χ0) is 8.97. The van der Waals surface area contributed by atoms with Gasteiger partial charge in [-0.15, -0.1) is 0 Å². The van der Waals surface area contributed by atoms with Crippen LogP contribution in [0.3, 0.4) is 0 Å². The second-order valence-electron chi connectivity index (χ2n) is 2.32. The van der Waals surface area contributed by atoms with E-state index in [1.54, 1.807) is 24.3 Å². The van der Waals surface area contributed by atoms with Gasteiger partial charge in [0, 0.05) is 5.56 Å². The quantitative estimate of drug-likeness (QED) is 0.663. The lowest BCUT2D eigenvalue weighted by Gasteiger charge is -2.04. The van der Waals surface area contributed by atoms with Crippen LogP contribution in [0.2, 0.25) is 0 Å². The molecule has 0 radical (unpaired) electrons. The maximum absolute atomic E-state index is 12.9. The summed E-state index contributed by atoms with van der Waals surface area (Å²) in [7, 11) is 0. The van der Waals surface area contributed by atoms with E-state index in [9.17, 15) is 4.39 Å². The van der Waals surface area contributed by atoms with Crippen molar-refractivity contribution in [3.8, 4) is 0 Å². The lowest BCUT2D eigenvalue weighted by atomic mass is 10.1. The highest BCUT2D eigenvalue weighted by Gasteiger charge is 2.03. The van der Waals surface area contributed by atoms with Crippen molar-refractivity contribution in [3.63, 3.8) is 0 Å². The Bertz CT molecular complexity index is 297. The Morgan fingerprint density at radius 1 is 1.50 bits per heavy atom. The first-order valence-electron chi connectivity index (χ1n) is 3.61. The molecular weight excluding hydrogens is 157 g/mol. The van der Waals surface area contributed by atoms with Crippen LogP contribution in [0.25, 0.3) is 6.08 Å². The fraction of sp³-hybridized carbons (Fsp3) is 0.111. The molecule has 0 saturated heterocycles. The van der Waals surface area contributed by atoms with Crippen LogP contribution in [0.5, 0.6) is 0 Å². The predicted molar refractivity (Wildman–Crippen MR) is 46.5 cm³/mol. The molecule has 2 N–H and O–H groups in total. The summed E-state index contributed by atoms with van der Waals surface area (Å²) in [6, 6.07) is 4.58. The molecule has 3 heteroatoms. The van der Waals surface area contributed by atoms with Crippen molar-refractivity contribution in [1.29, 1.82) is 0 Å². The Labute approximate surface area is 70.3 Å². The van der Waals surface area contributed by atoms with Crippen LogP contribution in [0.1, 0.15) is 12.5 Å². The van der Waals surface area contributed by atoms with Crippen LogP contribution in [-0.4, -0.2) is 5.21 Å². The van der Waals surface area contributed by atoms with Gasteiger partial charge in [0.2, 0.25) is 0 Å². The Balaban J connectivity index is 3.18. The van der Waals surface area contributed by atoms with E-state index >= 15 is 0 Å². The number of rotatable bonds is 2. The van der Waals surface area contributed by atoms with E-state index in [1.807, 2.05) is 12.4 Å². The third-order valence-electron chi connectivity index (χ3n) is 1.50. The summed E-state index contributed by atoms with van der Waals surface area (Å²) in [6.07, 6.45) is 3.48. The van der Waals surface area contributed by atoms with Gasteiger partial charge in [-0.2, -0.15) is 0 Å². The second-order valence-corrected chi connectivity index (χ2v) is 2.32. The Morgan fingerprint density at radius 2 is 2.25 bits per heavy atom. The van der Waals surface area contributed by atoms with Crippen LogP contribution in [0.15, 0.2) is 24.3 Å². The van der Waals surface area contributed by atoms with Gasteiger partial charge in [-0.3, -0.25) is 10.7 Å². The van der Waals surface area contributed by atoms with Gasteiger partial charge in [0.15, 0.2) is 0 Å². The number of hydrogen-bond acceptors (Lipinski definition) is 2. The molecule has 0 aromatic heterocycles. The molecule has 0 spiro atoms. The maximum atomic E-state index is 12.9. The number of benzene rings is 1. The third kappa shape index (κ3) is 1.62. The van der Waals surface area contributed by atoms with Crippen LogP contribution in [-0.2, 0) is 0 Å². The monoisotopic (exact) mass is 167 g/mol. The minimum absolute atomic E-state index is 0.107. The van der Waals surface area contributed by atoms with Gasteiger partial charge in [0.05, 0.1) is 0 Å². The van der Waals surface area contributed by atoms with E-state index in [2.05, 4.69) is 0 Å². The van der Waals surface area contributed by atoms with Crippen molar-refractivity contribution in [2.75, 3.05) is 5.48 Å². The smallest absolute Gasteiger partial charge is 0.149 e. The van der Waals surface area contributed by atoms with Crippen molar-refractivity contribution in [1.82, 2.24) is 0 Å². The molecule has 0 aliphatic heterocycles. The molecule has 0 atom stereocenters.